The van der Waals surface area contributed by atoms with Gasteiger partial charge in [-0.05, 0) is 70.6 Å². The van der Waals surface area contributed by atoms with E-state index in [1.54, 1.807) is 6.08 Å². The van der Waals surface area contributed by atoms with Gasteiger partial charge >= 0.3 is 0 Å². The van der Waals surface area contributed by atoms with E-state index in [-0.39, 0.29) is 12.5 Å². The van der Waals surface area contributed by atoms with Crippen molar-refractivity contribution in [3.05, 3.63) is 72.9 Å². The fourth-order valence-electron chi connectivity index (χ4n) is 9.58. The number of likely N-dealkylation sites (N-methyl/N-ethyl adjacent to an activating group) is 1. The summed E-state index contributed by atoms with van der Waals surface area (Å²) >= 11 is 0. The minimum atomic E-state index is -4.61. The first-order chi connectivity index (χ1) is 37.5. The fourth-order valence-corrected chi connectivity index (χ4v) is 10.3. The molecule has 0 heterocycles. The molecule has 0 aliphatic heterocycles. The van der Waals surface area contributed by atoms with E-state index < -0.39 is 26.6 Å². The highest BCUT2D eigenvalue weighted by Crippen LogP contribution is 2.38. The standard InChI is InChI=1S/C68H127N2O6P/c1-6-8-10-12-14-16-18-20-22-24-26-28-30-32-34-35-36-38-40-42-44-46-48-50-52-54-56-58-60-62-68(72)69-66(65-76-77(73,74)75-64-63-70(3,4)5)67(71)61-59-57-55-53-51-49-47-45-43-41-39-37-33-31-29-27-25-23-21-19-17-15-13-11-9-7-2/h8,10,14,16,20,22,26,28,51,53,59,61,66-67,71H,6-7,9,11-13,15,17-19,21,23-25,27,29-50,52,54-58,60,62-65H2,1-5H3,(H-,69,72,73,74)/b10-8-,16-14-,22-20-,28-26-,53-51+,61-59+. The van der Waals surface area contributed by atoms with Gasteiger partial charge in [-0.25, -0.2) is 0 Å². The number of nitrogens with zero attached hydrogens (tertiary/aromatic N) is 1. The molecule has 0 fully saturated rings. The van der Waals surface area contributed by atoms with E-state index in [0.717, 1.165) is 64.2 Å². The lowest BCUT2D eigenvalue weighted by molar-refractivity contribution is -0.870. The van der Waals surface area contributed by atoms with Gasteiger partial charge in [0, 0.05) is 6.42 Å². The van der Waals surface area contributed by atoms with E-state index in [9.17, 15) is 19.4 Å². The van der Waals surface area contributed by atoms with Gasteiger partial charge < -0.3 is 28.8 Å². The number of carbonyl (C=O) groups is 1. The van der Waals surface area contributed by atoms with Crippen LogP contribution in [0, 0.1) is 0 Å². The van der Waals surface area contributed by atoms with Crippen LogP contribution in [0.5, 0.6) is 0 Å². The summed E-state index contributed by atoms with van der Waals surface area (Å²) in [7, 11) is 1.25. The predicted molar refractivity (Wildman–Crippen MR) is 334 cm³/mol. The quantitative estimate of drug-likeness (QED) is 0.0272. The molecule has 0 aliphatic carbocycles. The van der Waals surface area contributed by atoms with E-state index in [1.807, 2.05) is 27.2 Å². The minimum absolute atomic E-state index is 0.00748. The minimum Gasteiger partial charge on any atom is -0.756 e. The Morgan fingerprint density at radius 2 is 0.805 bits per heavy atom. The smallest absolute Gasteiger partial charge is 0.268 e. The molecule has 0 rings (SSSR count). The number of phosphoric acid groups is 1. The summed E-state index contributed by atoms with van der Waals surface area (Å²) < 4.78 is 23.4. The number of phosphoric ester groups is 1. The summed E-state index contributed by atoms with van der Waals surface area (Å²) in [5.74, 6) is -0.205. The molecule has 1 amide bonds. The molecule has 2 N–H and O–H groups in total. The summed E-state index contributed by atoms with van der Waals surface area (Å²) in [6, 6.07) is -0.907. The summed E-state index contributed by atoms with van der Waals surface area (Å²) in [6.07, 6.45) is 81.5. The normalized spacial score (nSPS) is 14.2. The van der Waals surface area contributed by atoms with Gasteiger partial charge in [-0.3, -0.25) is 9.36 Å². The highest BCUT2D eigenvalue weighted by atomic mass is 31.2. The maximum absolute atomic E-state index is 13.0. The molecule has 0 bridgehead atoms. The molecule has 77 heavy (non-hydrogen) atoms. The van der Waals surface area contributed by atoms with Crippen LogP contribution < -0.4 is 10.2 Å². The zero-order chi connectivity index (χ0) is 56.3. The van der Waals surface area contributed by atoms with Gasteiger partial charge in [-0.1, -0.05) is 299 Å². The van der Waals surface area contributed by atoms with Gasteiger partial charge in [0.05, 0.1) is 39.9 Å². The third-order valence-corrected chi connectivity index (χ3v) is 15.6. The average Bonchev–Trinajstić information content (AvgIpc) is 3.39. The van der Waals surface area contributed by atoms with Crippen molar-refractivity contribution >= 4 is 13.7 Å². The maximum Gasteiger partial charge on any atom is 0.268 e. The Morgan fingerprint density at radius 1 is 0.468 bits per heavy atom. The van der Waals surface area contributed by atoms with Gasteiger partial charge in [-0.15, -0.1) is 0 Å². The molecule has 0 saturated heterocycles. The molecule has 0 radical (unpaired) electrons. The summed E-state index contributed by atoms with van der Waals surface area (Å²) in [5.41, 5.74) is 0. The number of unbranched alkanes of at least 4 members (excludes halogenated alkanes) is 37. The Hall–Kier alpha value is -2.06. The van der Waals surface area contributed by atoms with Crippen molar-refractivity contribution in [3.63, 3.8) is 0 Å². The van der Waals surface area contributed by atoms with Gasteiger partial charge in [0.25, 0.3) is 7.82 Å². The molecule has 0 aromatic heterocycles. The first kappa shape index (κ1) is 74.9. The average molecular weight is 1100 g/mol. The number of aliphatic hydroxyl groups is 1. The molecule has 9 heteroatoms. The lowest BCUT2D eigenvalue weighted by Crippen LogP contribution is -2.45. The number of nitrogens with one attached hydrogen (secondary N) is 1. The number of carbonyl (C=O) groups excluding carboxylic acids is 1. The Kier molecular flexibility index (Phi) is 57.0. The molecule has 450 valence electrons. The van der Waals surface area contributed by atoms with Crippen LogP contribution in [0.25, 0.3) is 0 Å². The van der Waals surface area contributed by atoms with E-state index in [1.165, 1.54) is 218 Å². The van der Waals surface area contributed by atoms with Crippen molar-refractivity contribution in [2.45, 2.75) is 315 Å². The molecule has 0 aromatic rings. The van der Waals surface area contributed by atoms with Gasteiger partial charge in [0.1, 0.15) is 13.2 Å². The monoisotopic (exact) mass is 1100 g/mol. The second kappa shape index (κ2) is 58.6. The van der Waals surface area contributed by atoms with Crippen molar-refractivity contribution in [3.8, 4) is 0 Å². The molecular weight excluding hydrogens is 972 g/mol. The van der Waals surface area contributed by atoms with Crippen molar-refractivity contribution in [1.29, 1.82) is 0 Å². The molecule has 8 nitrogen and oxygen atoms in total. The highest BCUT2D eigenvalue weighted by Gasteiger charge is 2.23. The van der Waals surface area contributed by atoms with Crippen molar-refractivity contribution in [2.24, 2.45) is 0 Å². The third kappa shape index (κ3) is 61.4. The zero-order valence-corrected chi connectivity index (χ0v) is 52.3. The Morgan fingerprint density at radius 3 is 1.21 bits per heavy atom. The molecule has 3 atom stereocenters. The van der Waals surface area contributed by atoms with Crippen LogP contribution in [0.2, 0.25) is 0 Å². The second-order valence-corrected chi connectivity index (χ2v) is 24.8. The van der Waals surface area contributed by atoms with Crippen molar-refractivity contribution in [1.82, 2.24) is 5.32 Å². The maximum atomic E-state index is 13.0. The fraction of sp³-hybridized carbons (Fsp3) is 0.809. The number of allylic oxidation sites excluding steroid dienone is 11. The number of aliphatic hydroxyl groups excluding tert-OH is 1. The topological polar surface area (TPSA) is 108 Å². The van der Waals surface area contributed by atoms with Gasteiger partial charge in [0.15, 0.2) is 0 Å². The van der Waals surface area contributed by atoms with Crippen LogP contribution in [-0.4, -0.2) is 68.5 Å². The molecule has 3 unspecified atom stereocenters. The molecule has 0 aliphatic rings. The van der Waals surface area contributed by atoms with Crippen LogP contribution in [0.1, 0.15) is 303 Å². The van der Waals surface area contributed by atoms with Gasteiger partial charge in [0.2, 0.25) is 5.91 Å². The number of quaternary nitrogens is 1. The number of rotatable bonds is 60. The molecular formula is C68H127N2O6P. The first-order valence-electron chi connectivity index (χ1n) is 32.8. The SMILES string of the molecule is CC/C=C\C/C=C\C/C=C\C/C=C\CCCCCCCCCCCCCCCCCCC(=O)NC(COP(=O)([O-])OCC[N+](C)(C)C)C(O)/C=C/CC/C=C/CCCCCCCCCCCCCCCCCCCCCC. The largest absolute Gasteiger partial charge is 0.756 e. The Labute approximate surface area is 478 Å². The molecule has 0 saturated carbocycles. The van der Waals surface area contributed by atoms with Crippen LogP contribution in [-0.2, 0) is 18.4 Å². The van der Waals surface area contributed by atoms with E-state index in [0.29, 0.717) is 17.4 Å². The van der Waals surface area contributed by atoms with E-state index in [4.69, 9.17) is 9.05 Å². The van der Waals surface area contributed by atoms with E-state index >= 15 is 0 Å². The second-order valence-electron chi connectivity index (χ2n) is 23.4. The van der Waals surface area contributed by atoms with Crippen LogP contribution >= 0.6 is 7.82 Å². The first-order valence-corrected chi connectivity index (χ1v) is 34.3. The lowest BCUT2D eigenvalue weighted by Gasteiger charge is -2.29. The van der Waals surface area contributed by atoms with Crippen molar-refractivity contribution < 1.29 is 32.9 Å². The predicted octanol–water partition coefficient (Wildman–Crippen LogP) is 20.0. The van der Waals surface area contributed by atoms with Crippen LogP contribution in [0.15, 0.2) is 72.9 Å². The molecule has 0 spiro atoms. The number of hydrogen-bond donors (Lipinski definition) is 2. The number of hydrogen-bond acceptors (Lipinski definition) is 6. The summed E-state index contributed by atoms with van der Waals surface area (Å²) in [5, 5.41) is 13.9. The summed E-state index contributed by atoms with van der Waals surface area (Å²) in [4.78, 5) is 25.6. The Bertz CT molecular complexity index is 1480. The van der Waals surface area contributed by atoms with Gasteiger partial charge in [-0.2, -0.15) is 0 Å². The molecule has 0 aromatic carbocycles. The zero-order valence-electron chi connectivity index (χ0n) is 51.4. The van der Waals surface area contributed by atoms with E-state index in [2.05, 4.69) is 79.9 Å². The summed E-state index contributed by atoms with van der Waals surface area (Å²) in [6.45, 7) is 4.55. The highest BCUT2D eigenvalue weighted by molar-refractivity contribution is 7.45. The van der Waals surface area contributed by atoms with Crippen LogP contribution in [0.3, 0.4) is 0 Å². The van der Waals surface area contributed by atoms with Crippen molar-refractivity contribution in [2.75, 3.05) is 40.9 Å². The Balaban J connectivity index is 4.14. The lowest BCUT2D eigenvalue weighted by atomic mass is 10.0. The number of amides is 1. The third-order valence-electron chi connectivity index (χ3n) is 14.7. The van der Waals surface area contributed by atoms with Crippen LogP contribution in [0.4, 0.5) is 0 Å².